The lowest BCUT2D eigenvalue weighted by Gasteiger charge is -2.27. The Balaban J connectivity index is 2.90. The predicted octanol–water partition coefficient (Wildman–Crippen LogP) is 0.546. The molecule has 1 rings (SSSR count). The van der Waals surface area contributed by atoms with E-state index in [1.807, 2.05) is 0 Å². The number of ether oxygens (including phenoxy) is 3. The van der Waals surface area contributed by atoms with Crippen molar-refractivity contribution in [3.63, 3.8) is 0 Å². The van der Waals surface area contributed by atoms with Crippen LogP contribution in [0.3, 0.4) is 0 Å². The Hall–Kier alpha value is -1.34. The summed E-state index contributed by atoms with van der Waals surface area (Å²) >= 11 is 0. The van der Waals surface area contributed by atoms with Gasteiger partial charge in [-0.2, -0.15) is 0 Å². The number of likely N-dealkylation sites (tertiary alicyclic amines) is 1. The first-order chi connectivity index (χ1) is 9.12. The van der Waals surface area contributed by atoms with E-state index in [0.29, 0.717) is 0 Å². The molecule has 0 aromatic rings. The predicted molar refractivity (Wildman–Crippen MR) is 70.2 cm³/mol. The smallest absolute Gasteiger partial charge is 0.411 e. The Morgan fingerprint density at radius 1 is 1.35 bits per heavy atom. The minimum absolute atomic E-state index is 0.0276. The largest absolute Gasteiger partial charge is 0.467 e. The summed E-state index contributed by atoms with van der Waals surface area (Å²) in [4.78, 5) is 25.1. The lowest BCUT2D eigenvalue weighted by atomic mass is 10.0. The molecule has 0 aromatic carbocycles. The molecular formula is C13H23NO6. The molecule has 1 heterocycles. The fourth-order valence-corrected chi connectivity index (χ4v) is 2.19. The summed E-state index contributed by atoms with van der Waals surface area (Å²) in [6.07, 6.45) is -0.591. The molecule has 0 unspecified atom stereocenters. The molecule has 7 nitrogen and oxygen atoms in total. The zero-order chi connectivity index (χ0) is 15.6. The summed E-state index contributed by atoms with van der Waals surface area (Å²) in [6.45, 7) is 5.19. The van der Waals surface area contributed by atoms with Crippen LogP contribution in [0.1, 0.15) is 27.2 Å². The second-order valence-electron chi connectivity index (χ2n) is 6.01. The van der Waals surface area contributed by atoms with E-state index in [1.54, 1.807) is 20.8 Å². The van der Waals surface area contributed by atoms with Gasteiger partial charge in [-0.05, 0) is 20.8 Å². The van der Waals surface area contributed by atoms with E-state index in [4.69, 9.17) is 9.47 Å². The molecule has 0 spiro atoms. The van der Waals surface area contributed by atoms with Crippen LogP contribution in [0.5, 0.6) is 0 Å². The van der Waals surface area contributed by atoms with Gasteiger partial charge in [-0.3, -0.25) is 4.90 Å². The Morgan fingerprint density at radius 2 is 1.95 bits per heavy atom. The van der Waals surface area contributed by atoms with Gasteiger partial charge in [-0.15, -0.1) is 0 Å². The third-order valence-corrected chi connectivity index (χ3v) is 2.93. The van der Waals surface area contributed by atoms with Gasteiger partial charge >= 0.3 is 12.1 Å². The van der Waals surface area contributed by atoms with Crippen molar-refractivity contribution in [3.05, 3.63) is 0 Å². The first kappa shape index (κ1) is 16.7. The monoisotopic (exact) mass is 289 g/mol. The minimum Gasteiger partial charge on any atom is -0.467 e. The summed E-state index contributed by atoms with van der Waals surface area (Å²) in [5, 5.41) is 10.3. The molecule has 20 heavy (non-hydrogen) atoms. The number of hydrogen-bond acceptors (Lipinski definition) is 6. The number of rotatable bonds is 3. The van der Waals surface area contributed by atoms with Gasteiger partial charge in [0, 0.05) is 13.5 Å². The standard InChI is InChI=1S/C13H23NO6/c1-12(2,3)20-11(16)14-7-13(17,8-18-4)6-9(14)10(15)19-5/h9,17H,6-8H2,1-5H3/t9-,13-/m0/s1. The number of hydrogen-bond donors (Lipinski definition) is 1. The fraction of sp³-hybridized carbons (Fsp3) is 0.846. The highest BCUT2D eigenvalue weighted by Gasteiger charge is 2.49. The molecule has 1 N–H and O–H groups in total. The zero-order valence-corrected chi connectivity index (χ0v) is 12.6. The van der Waals surface area contributed by atoms with Gasteiger partial charge in [0.25, 0.3) is 0 Å². The van der Waals surface area contributed by atoms with Crippen molar-refractivity contribution in [2.24, 2.45) is 0 Å². The topological polar surface area (TPSA) is 85.3 Å². The van der Waals surface area contributed by atoms with Crippen LogP contribution in [0.4, 0.5) is 4.79 Å². The summed E-state index contributed by atoms with van der Waals surface area (Å²) < 4.78 is 14.9. The molecular weight excluding hydrogens is 266 g/mol. The molecule has 0 aromatic heterocycles. The van der Waals surface area contributed by atoms with E-state index in [0.717, 1.165) is 0 Å². The molecule has 1 aliphatic heterocycles. The van der Waals surface area contributed by atoms with Crippen molar-refractivity contribution in [2.75, 3.05) is 27.4 Å². The van der Waals surface area contributed by atoms with E-state index >= 15 is 0 Å². The van der Waals surface area contributed by atoms with Crippen molar-refractivity contribution in [3.8, 4) is 0 Å². The number of aliphatic hydroxyl groups is 1. The van der Waals surface area contributed by atoms with E-state index < -0.39 is 29.3 Å². The SMILES string of the molecule is COC[C@]1(O)C[C@@H](C(=O)OC)N(C(=O)OC(C)(C)C)C1. The van der Waals surface area contributed by atoms with Gasteiger partial charge in [0.15, 0.2) is 0 Å². The molecule has 0 bridgehead atoms. The van der Waals surface area contributed by atoms with E-state index in [1.165, 1.54) is 19.1 Å². The van der Waals surface area contributed by atoms with Gasteiger partial charge in [0.05, 0.1) is 20.3 Å². The summed E-state index contributed by atoms with van der Waals surface area (Å²) in [7, 11) is 2.69. The van der Waals surface area contributed by atoms with Crippen LogP contribution < -0.4 is 0 Å². The average molecular weight is 289 g/mol. The van der Waals surface area contributed by atoms with Crippen LogP contribution >= 0.6 is 0 Å². The summed E-state index contributed by atoms with van der Waals surface area (Å²) in [5.41, 5.74) is -1.95. The number of carbonyl (C=O) groups is 2. The van der Waals surface area contributed by atoms with Crippen LogP contribution in [0.2, 0.25) is 0 Å². The number of nitrogens with zero attached hydrogens (tertiary/aromatic N) is 1. The van der Waals surface area contributed by atoms with Gasteiger partial charge in [0.2, 0.25) is 0 Å². The number of β-amino-alcohol motifs (C(OH)–C–C–N with tert-alkyl or cyclic N) is 1. The first-order valence-corrected chi connectivity index (χ1v) is 6.41. The average Bonchev–Trinajstić information content (AvgIpc) is 2.65. The fourth-order valence-electron chi connectivity index (χ4n) is 2.19. The van der Waals surface area contributed by atoms with E-state index in [9.17, 15) is 14.7 Å². The van der Waals surface area contributed by atoms with Crippen molar-refractivity contribution in [1.82, 2.24) is 4.90 Å². The molecule has 1 aliphatic rings. The molecule has 2 atom stereocenters. The quantitative estimate of drug-likeness (QED) is 0.764. The second kappa shape index (κ2) is 5.97. The van der Waals surface area contributed by atoms with Gasteiger partial charge < -0.3 is 19.3 Å². The maximum Gasteiger partial charge on any atom is 0.411 e. The lowest BCUT2D eigenvalue weighted by molar-refractivity contribution is -0.145. The van der Waals surface area contributed by atoms with Crippen LogP contribution in [-0.2, 0) is 19.0 Å². The third-order valence-electron chi connectivity index (χ3n) is 2.93. The maximum absolute atomic E-state index is 12.1. The molecule has 0 saturated carbocycles. The molecule has 1 fully saturated rings. The van der Waals surface area contributed by atoms with Crippen molar-refractivity contribution < 1.29 is 28.9 Å². The highest BCUT2D eigenvalue weighted by molar-refractivity contribution is 5.82. The normalized spacial score (nSPS) is 26.5. The lowest BCUT2D eigenvalue weighted by Crippen LogP contribution is -2.44. The van der Waals surface area contributed by atoms with Crippen molar-refractivity contribution >= 4 is 12.1 Å². The zero-order valence-electron chi connectivity index (χ0n) is 12.6. The summed E-state index contributed by atoms with van der Waals surface area (Å²) in [6, 6.07) is -0.866. The molecule has 116 valence electrons. The Morgan fingerprint density at radius 3 is 2.40 bits per heavy atom. The Labute approximate surface area is 118 Å². The number of amides is 1. The van der Waals surface area contributed by atoms with Crippen LogP contribution in [-0.4, -0.2) is 66.7 Å². The van der Waals surface area contributed by atoms with Crippen LogP contribution in [0, 0.1) is 0 Å². The second-order valence-corrected chi connectivity index (χ2v) is 6.01. The van der Waals surface area contributed by atoms with Crippen LogP contribution in [0.25, 0.3) is 0 Å². The van der Waals surface area contributed by atoms with Crippen molar-refractivity contribution in [1.29, 1.82) is 0 Å². The maximum atomic E-state index is 12.1. The van der Waals surface area contributed by atoms with Crippen LogP contribution in [0.15, 0.2) is 0 Å². The summed E-state index contributed by atoms with van der Waals surface area (Å²) in [5.74, 6) is -0.581. The van der Waals surface area contributed by atoms with Crippen molar-refractivity contribution in [2.45, 2.75) is 44.4 Å². The molecule has 0 aliphatic carbocycles. The molecule has 7 heteroatoms. The molecule has 0 radical (unpaired) electrons. The Bertz CT molecular complexity index is 378. The van der Waals surface area contributed by atoms with Gasteiger partial charge in [-0.25, -0.2) is 9.59 Å². The van der Waals surface area contributed by atoms with E-state index in [2.05, 4.69) is 4.74 Å². The highest BCUT2D eigenvalue weighted by Crippen LogP contribution is 2.29. The third kappa shape index (κ3) is 4.08. The van der Waals surface area contributed by atoms with Gasteiger partial charge in [0.1, 0.15) is 17.2 Å². The number of esters is 1. The molecule has 1 amide bonds. The number of carbonyl (C=O) groups excluding carboxylic acids is 2. The van der Waals surface area contributed by atoms with E-state index in [-0.39, 0.29) is 19.6 Å². The highest BCUT2D eigenvalue weighted by atomic mass is 16.6. The molecule has 1 saturated heterocycles. The first-order valence-electron chi connectivity index (χ1n) is 6.41. The minimum atomic E-state index is -1.27. The Kier molecular flexibility index (Phi) is 4.99. The van der Waals surface area contributed by atoms with Gasteiger partial charge in [-0.1, -0.05) is 0 Å². The number of methoxy groups -OCH3 is 2.